The number of benzene rings is 1. The van der Waals surface area contributed by atoms with Crippen molar-refractivity contribution in [2.24, 2.45) is 0 Å². The first kappa shape index (κ1) is 14.6. The lowest BCUT2D eigenvalue weighted by atomic mass is 10.1. The number of amides is 1. The van der Waals surface area contributed by atoms with E-state index in [4.69, 9.17) is 16.7 Å². The van der Waals surface area contributed by atoms with E-state index in [-0.39, 0.29) is 10.7 Å². The Morgan fingerprint density at radius 1 is 1.40 bits per heavy atom. The monoisotopic (exact) mass is 300 g/mol. The van der Waals surface area contributed by atoms with Gasteiger partial charge in [0.15, 0.2) is 0 Å². The summed E-state index contributed by atoms with van der Waals surface area (Å²) in [6.07, 6.45) is -4.81. The molecule has 0 bridgehead atoms. The summed E-state index contributed by atoms with van der Waals surface area (Å²) in [7, 11) is 0. The van der Waals surface area contributed by atoms with Gasteiger partial charge in [-0.05, 0) is 12.1 Å². The standard InChI is InChI=1S/C13H11ClF2N2O2/c14-11-5-8(7-3-1-2-4-9(7)18-11)13(20)17-6-10(19)12(15)16/h1-5,10,12,19H,6H2,(H,17,20). The second-order valence-corrected chi connectivity index (χ2v) is 4.51. The molecule has 1 heterocycles. The zero-order valence-corrected chi connectivity index (χ0v) is 10.9. The van der Waals surface area contributed by atoms with Crippen molar-refractivity contribution in [1.82, 2.24) is 10.3 Å². The molecule has 4 nitrogen and oxygen atoms in total. The number of nitrogens with zero attached hydrogens (tertiary/aromatic N) is 1. The quantitative estimate of drug-likeness (QED) is 0.851. The lowest BCUT2D eigenvalue weighted by Crippen LogP contribution is -2.35. The zero-order valence-electron chi connectivity index (χ0n) is 10.2. The number of aliphatic hydroxyl groups is 1. The lowest BCUT2D eigenvalue weighted by molar-refractivity contribution is -0.00269. The fourth-order valence-electron chi connectivity index (χ4n) is 1.71. The van der Waals surface area contributed by atoms with Gasteiger partial charge < -0.3 is 10.4 Å². The Labute approximate surface area is 118 Å². The highest BCUT2D eigenvalue weighted by Crippen LogP contribution is 2.20. The van der Waals surface area contributed by atoms with Crippen molar-refractivity contribution in [2.75, 3.05) is 6.54 Å². The highest BCUT2D eigenvalue weighted by Gasteiger charge is 2.19. The SMILES string of the molecule is O=C(NCC(O)C(F)F)c1cc(Cl)nc2ccccc12. The summed E-state index contributed by atoms with van der Waals surface area (Å²) in [5, 5.41) is 11.9. The highest BCUT2D eigenvalue weighted by atomic mass is 35.5. The Hall–Kier alpha value is -1.79. The lowest BCUT2D eigenvalue weighted by Gasteiger charge is -2.12. The van der Waals surface area contributed by atoms with Gasteiger partial charge in [-0.15, -0.1) is 0 Å². The number of hydrogen-bond donors (Lipinski definition) is 2. The third kappa shape index (κ3) is 3.20. The van der Waals surface area contributed by atoms with Gasteiger partial charge in [-0.3, -0.25) is 4.79 Å². The Bertz CT molecular complexity index is 637. The van der Waals surface area contributed by atoms with Crippen LogP contribution in [0.3, 0.4) is 0 Å². The van der Waals surface area contributed by atoms with Crippen molar-refractivity contribution >= 4 is 28.4 Å². The van der Waals surface area contributed by atoms with Crippen molar-refractivity contribution in [3.8, 4) is 0 Å². The molecule has 1 aromatic heterocycles. The van der Waals surface area contributed by atoms with Crippen molar-refractivity contribution < 1.29 is 18.7 Å². The second-order valence-electron chi connectivity index (χ2n) is 4.12. The van der Waals surface area contributed by atoms with Crippen LogP contribution in [-0.2, 0) is 0 Å². The number of nitrogens with one attached hydrogen (secondary N) is 1. The van der Waals surface area contributed by atoms with E-state index in [0.29, 0.717) is 10.9 Å². The minimum Gasteiger partial charge on any atom is -0.385 e. The summed E-state index contributed by atoms with van der Waals surface area (Å²) in [6.45, 7) is -0.537. The average molecular weight is 301 g/mol. The van der Waals surface area contributed by atoms with Crippen LogP contribution in [0.15, 0.2) is 30.3 Å². The van der Waals surface area contributed by atoms with Gasteiger partial charge in [-0.2, -0.15) is 0 Å². The van der Waals surface area contributed by atoms with E-state index in [0.717, 1.165) is 0 Å². The van der Waals surface area contributed by atoms with E-state index in [2.05, 4.69) is 10.3 Å². The maximum Gasteiger partial charge on any atom is 0.265 e. The summed E-state index contributed by atoms with van der Waals surface area (Å²) >= 11 is 5.82. The molecule has 2 rings (SSSR count). The predicted molar refractivity (Wildman–Crippen MR) is 71.1 cm³/mol. The third-order valence-electron chi connectivity index (χ3n) is 2.69. The van der Waals surface area contributed by atoms with E-state index in [1.807, 2.05) is 0 Å². The smallest absolute Gasteiger partial charge is 0.265 e. The van der Waals surface area contributed by atoms with Gasteiger partial charge in [0.05, 0.1) is 11.1 Å². The Kier molecular flexibility index (Phi) is 4.46. The number of pyridine rings is 1. The number of aromatic nitrogens is 1. The number of halogens is 3. The van der Waals surface area contributed by atoms with Crippen LogP contribution in [0.4, 0.5) is 8.78 Å². The number of carbonyl (C=O) groups excluding carboxylic acids is 1. The molecule has 7 heteroatoms. The number of aliphatic hydroxyl groups excluding tert-OH is 1. The first-order valence-electron chi connectivity index (χ1n) is 5.78. The van der Waals surface area contributed by atoms with Crippen LogP contribution in [0.2, 0.25) is 5.15 Å². The fraction of sp³-hybridized carbons (Fsp3) is 0.231. The van der Waals surface area contributed by atoms with Crippen molar-refractivity contribution in [3.05, 3.63) is 41.0 Å². The van der Waals surface area contributed by atoms with E-state index < -0.39 is 25.0 Å². The largest absolute Gasteiger partial charge is 0.385 e. The number of rotatable bonds is 4. The van der Waals surface area contributed by atoms with Gasteiger partial charge in [0, 0.05) is 11.9 Å². The molecule has 1 atom stereocenters. The van der Waals surface area contributed by atoms with Crippen LogP contribution in [-0.4, -0.2) is 35.1 Å². The molecule has 1 amide bonds. The molecule has 0 saturated heterocycles. The number of carbonyl (C=O) groups is 1. The van der Waals surface area contributed by atoms with Crippen molar-refractivity contribution in [2.45, 2.75) is 12.5 Å². The number of alkyl halides is 2. The second kappa shape index (κ2) is 6.11. The Morgan fingerprint density at radius 3 is 2.80 bits per heavy atom. The summed E-state index contributed by atoms with van der Waals surface area (Å²) < 4.78 is 24.3. The van der Waals surface area contributed by atoms with Crippen LogP contribution < -0.4 is 5.32 Å². The van der Waals surface area contributed by atoms with Gasteiger partial charge in [0.2, 0.25) is 0 Å². The number of hydrogen-bond acceptors (Lipinski definition) is 3. The van der Waals surface area contributed by atoms with Gasteiger partial charge in [-0.25, -0.2) is 13.8 Å². The minimum absolute atomic E-state index is 0.128. The highest BCUT2D eigenvalue weighted by molar-refractivity contribution is 6.30. The maximum absolute atomic E-state index is 12.2. The molecule has 0 aliphatic heterocycles. The molecule has 20 heavy (non-hydrogen) atoms. The number of para-hydroxylation sites is 1. The zero-order chi connectivity index (χ0) is 14.7. The van der Waals surface area contributed by atoms with E-state index in [1.165, 1.54) is 6.07 Å². The van der Waals surface area contributed by atoms with Crippen LogP contribution in [0.5, 0.6) is 0 Å². The summed E-state index contributed by atoms with van der Waals surface area (Å²) in [5.41, 5.74) is 0.752. The number of fused-ring (bicyclic) bond motifs is 1. The predicted octanol–water partition coefficient (Wildman–Crippen LogP) is 2.24. The molecule has 0 saturated carbocycles. The van der Waals surface area contributed by atoms with Crippen LogP contribution in [0.25, 0.3) is 10.9 Å². The van der Waals surface area contributed by atoms with E-state index in [1.54, 1.807) is 24.3 Å². The third-order valence-corrected chi connectivity index (χ3v) is 2.89. The van der Waals surface area contributed by atoms with Gasteiger partial charge >= 0.3 is 0 Å². The van der Waals surface area contributed by atoms with Crippen LogP contribution in [0, 0.1) is 0 Å². The summed E-state index contributed by atoms with van der Waals surface area (Å²) in [6, 6.07) is 8.19. The molecule has 2 aromatic rings. The topological polar surface area (TPSA) is 62.2 Å². The first-order valence-corrected chi connectivity index (χ1v) is 6.16. The van der Waals surface area contributed by atoms with Crippen molar-refractivity contribution in [3.63, 3.8) is 0 Å². The molecule has 1 unspecified atom stereocenters. The molecule has 0 spiro atoms. The first-order chi connectivity index (χ1) is 9.49. The normalized spacial score (nSPS) is 12.7. The molecular weight excluding hydrogens is 290 g/mol. The van der Waals surface area contributed by atoms with E-state index >= 15 is 0 Å². The Balaban J connectivity index is 2.26. The summed E-state index contributed by atoms with van der Waals surface area (Å²) in [4.78, 5) is 16.0. The average Bonchev–Trinajstić information content (AvgIpc) is 2.43. The molecule has 1 aromatic carbocycles. The Morgan fingerprint density at radius 2 is 2.10 bits per heavy atom. The van der Waals surface area contributed by atoms with E-state index in [9.17, 15) is 13.6 Å². The van der Waals surface area contributed by atoms with Gasteiger partial charge in [0.1, 0.15) is 11.3 Å². The molecule has 0 radical (unpaired) electrons. The van der Waals surface area contributed by atoms with Crippen molar-refractivity contribution in [1.29, 1.82) is 0 Å². The fourth-order valence-corrected chi connectivity index (χ4v) is 1.91. The van der Waals surface area contributed by atoms with Crippen LogP contribution in [0.1, 0.15) is 10.4 Å². The molecular formula is C13H11ClF2N2O2. The molecule has 106 valence electrons. The van der Waals surface area contributed by atoms with Crippen LogP contribution >= 0.6 is 11.6 Å². The van der Waals surface area contributed by atoms with Gasteiger partial charge in [0.25, 0.3) is 12.3 Å². The molecule has 0 fully saturated rings. The summed E-state index contributed by atoms with van der Waals surface area (Å²) in [5.74, 6) is -0.592. The van der Waals surface area contributed by atoms with Gasteiger partial charge in [-0.1, -0.05) is 29.8 Å². The minimum atomic E-state index is -2.91. The molecule has 2 N–H and O–H groups in total. The molecule has 0 aliphatic carbocycles. The molecule has 0 aliphatic rings. The maximum atomic E-state index is 12.2.